The number of rotatable bonds is 1. The van der Waals surface area contributed by atoms with Crippen molar-refractivity contribution < 1.29 is 9.63 Å². The fourth-order valence-corrected chi connectivity index (χ4v) is 1.62. The molecule has 1 saturated heterocycles. The fraction of sp³-hybridized carbons (Fsp3) is 0.900. The number of hydrogen-bond donors (Lipinski definition) is 1. The van der Waals surface area contributed by atoms with Crippen LogP contribution >= 0.6 is 12.6 Å². The van der Waals surface area contributed by atoms with Gasteiger partial charge in [0.1, 0.15) is 0 Å². The predicted octanol–water partition coefficient (Wildman–Crippen LogP) is 1.88. The Labute approximate surface area is 91.2 Å². The Morgan fingerprint density at radius 2 is 2.14 bits per heavy atom. The first-order valence-corrected chi connectivity index (χ1v) is 5.56. The lowest BCUT2D eigenvalue weighted by Crippen LogP contribution is -2.40. The maximum absolute atomic E-state index is 11.6. The summed E-state index contributed by atoms with van der Waals surface area (Å²) < 4.78 is 0. The fourth-order valence-electron chi connectivity index (χ4n) is 1.26. The topological polar surface area (TPSA) is 29.5 Å². The molecule has 0 aromatic rings. The summed E-state index contributed by atoms with van der Waals surface area (Å²) in [5.41, 5.74) is -0.427. The molecule has 0 radical (unpaired) electrons. The first kappa shape index (κ1) is 11.9. The Hall–Kier alpha value is -0.220. The Morgan fingerprint density at radius 1 is 1.50 bits per heavy atom. The summed E-state index contributed by atoms with van der Waals surface area (Å²) in [6.07, 6.45) is 2.15. The van der Waals surface area contributed by atoms with Crippen molar-refractivity contribution in [1.82, 2.24) is 5.06 Å². The largest absolute Gasteiger partial charge is 0.367 e. The molecule has 0 unspecified atom stereocenters. The van der Waals surface area contributed by atoms with E-state index in [1.807, 2.05) is 20.8 Å². The van der Waals surface area contributed by atoms with Gasteiger partial charge < -0.3 is 4.84 Å². The third kappa shape index (κ3) is 3.50. The molecular formula is C10H19NO2S. The van der Waals surface area contributed by atoms with Crippen molar-refractivity contribution in [2.75, 3.05) is 13.1 Å². The molecule has 1 atom stereocenters. The van der Waals surface area contributed by atoms with E-state index in [9.17, 15) is 4.79 Å². The molecule has 0 bridgehead atoms. The highest BCUT2D eigenvalue weighted by molar-refractivity contribution is 7.81. The van der Waals surface area contributed by atoms with Gasteiger partial charge >= 0.3 is 5.97 Å². The first-order valence-electron chi connectivity index (χ1n) is 5.05. The van der Waals surface area contributed by atoms with Gasteiger partial charge in [-0.2, -0.15) is 12.6 Å². The van der Waals surface area contributed by atoms with E-state index in [2.05, 4.69) is 12.6 Å². The van der Waals surface area contributed by atoms with Gasteiger partial charge in [0.05, 0.1) is 5.41 Å². The second kappa shape index (κ2) is 4.53. The van der Waals surface area contributed by atoms with Crippen LogP contribution in [0.15, 0.2) is 0 Å². The SMILES string of the molecule is CC(C)(C)C(=O)ON1CCC[C@H](S)C1. The second-order valence-electron chi connectivity index (χ2n) is 4.81. The maximum Gasteiger partial charge on any atom is 0.330 e. The van der Waals surface area contributed by atoms with Crippen molar-refractivity contribution in [3.05, 3.63) is 0 Å². The van der Waals surface area contributed by atoms with E-state index in [1.165, 1.54) is 0 Å². The van der Waals surface area contributed by atoms with Gasteiger partial charge in [0.25, 0.3) is 0 Å². The van der Waals surface area contributed by atoms with E-state index < -0.39 is 5.41 Å². The Kier molecular flexibility index (Phi) is 3.84. The van der Waals surface area contributed by atoms with Crippen LogP contribution in [-0.2, 0) is 9.63 Å². The number of nitrogens with zero attached hydrogens (tertiary/aromatic N) is 1. The average molecular weight is 217 g/mol. The van der Waals surface area contributed by atoms with Gasteiger partial charge in [-0.15, -0.1) is 5.06 Å². The Bertz CT molecular complexity index is 213. The minimum absolute atomic E-state index is 0.167. The second-order valence-corrected chi connectivity index (χ2v) is 5.54. The van der Waals surface area contributed by atoms with E-state index in [1.54, 1.807) is 5.06 Å². The van der Waals surface area contributed by atoms with Crippen molar-refractivity contribution in [3.63, 3.8) is 0 Å². The van der Waals surface area contributed by atoms with E-state index in [0.717, 1.165) is 25.9 Å². The van der Waals surface area contributed by atoms with Crippen LogP contribution in [0.3, 0.4) is 0 Å². The standard InChI is InChI=1S/C10H19NO2S/c1-10(2,3)9(12)13-11-6-4-5-8(14)7-11/h8,14H,4-7H2,1-3H3/t8-/m0/s1. The number of hydroxylamine groups is 2. The van der Waals surface area contributed by atoms with E-state index in [0.29, 0.717) is 5.25 Å². The van der Waals surface area contributed by atoms with Crippen molar-refractivity contribution in [1.29, 1.82) is 0 Å². The van der Waals surface area contributed by atoms with Crippen molar-refractivity contribution in [2.45, 2.75) is 38.9 Å². The van der Waals surface area contributed by atoms with Crippen molar-refractivity contribution >= 4 is 18.6 Å². The summed E-state index contributed by atoms with van der Waals surface area (Å²) in [5.74, 6) is -0.167. The lowest BCUT2D eigenvalue weighted by Gasteiger charge is -2.30. The van der Waals surface area contributed by atoms with Crippen molar-refractivity contribution in [3.8, 4) is 0 Å². The molecule has 0 aromatic carbocycles. The van der Waals surface area contributed by atoms with Crippen LogP contribution in [0.5, 0.6) is 0 Å². The molecule has 0 N–H and O–H groups in total. The maximum atomic E-state index is 11.6. The molecule has 14 heavy (non-hydrogen) atoms. The lowest BCUT2D eigenvalue weighted by atomic mass is 9.98. The molecule has 1 fully saturated rings. The quantitative estimate of drug-likeness (QED) is 0.680. The molecule has 1 aliphatic heterocycles. The highest BCUT2D eigenvalue weighted by Gasteiger charge is 2.27. The van der Waals surface area contributed by atoms with E-state index >= 15 is 0 Å². The lowest BCUT2D eigenvalue weighted by molar-refractivity contribution is -0.203. The Morgan fingerprint density at radius 3 is 2.64 bits per heavy atom. The zero-order chi connectivity index (χ0) is 10.8. The van der Waals surface area contributed by atoms with E-state index in [-0.39, 0.29) is 5.97 Å². The van der Waals surface area contributed by atoms with Crippen LogP contribution in [-0.4, -0.2) is 29.4 Å². The van der Waals surface area contributed by atoms with E-state index in [4.69, 9.17) is 4.84 Å². The number of carbonyl (C=O) groups excluding carboxylic acids is 1. The van der Waals surface area contributed by atoms with Gasteiger partial charge in [-0.25, -0.2) is 4.79 Å². The van der Waals surface area contributed by atoms with Crippen LogP contribution in [0.1, 0.15) is 33.6 Å². The molecule has 1 heterocycles. The van der Waals surface area contributed by atoms with Gasteiger partial charge in [-0.1, -0.05) is 0 Å². The summed E-state index contributed by atoms with van der Waals surface area (Å²) in [7, 11) is 0. The monoisotopic (exact) mass is 217 g/mol. The number of piperidine rings is 1. The van der Waals surface area contributed by atoms with Crippen LogP contribution in [0.2, 0.25) is 0 Å². The summed E-state index contributed by atoms with van der Waals surface area (Å²) in [6, 6.07) is 0. The molecule has 0 aliphatic carbocycles. The minimum Gasteiger partial charge on any atom is -0.367 e. The van der Waals surface area contributed by atoms with Crippen LogP contribution in [0, 0.1) is 5.41 Å². The third-order valence-electron chi connectivity index (χ3n) is 2.18. The zero-order valence-electron chi connectivity index (χ0n) is 9.12. The number of thiol groups is 1. The van der Waals surface area contributed by atoms with Gasteiger partial charge in [-0.3, -0.25) is 0 Å². The normalized spacial score (nSPS) is 24.7. The molecule has 1 rings (SSSR count). The van der Waals surface area contributed by atoms with Gasteiger partial charge in [0.2, 0.25) is 0 Å². The summed E-state index contributed by atoms with van der Waals surface area (Å²) >= 11 is 4.38. The predicted molar refractivity (Wildman–Crippen MR) is 59.1 cm³/mol. The average Bonchev–Trinajstić information content (AvgIpc) is 2.02. The molecule has 3 nitrogen and oxygen atoms in total. The molecule has 0 aromatic heterocycles. The number of carbonyl (C=O) groups is 1. The van der Waals surface area contributed by atoms with Gasteiger partial charge in [0, 0.05) is 18.3 Å². The van der Waals surface area contributed by atoms with Gasteiger partial charge in [0.15, 0.2) is 0 Å². The summed E-state index contributed by atoms with van der Waals surface area (Å²) in [6.45, 7) is 7.15. The molecule has 82 valence electrons. The molecule has 0 saturated carbocycles. The van der Waals surface area contributed by atoms with Crippen LogP contribution < -0.4 is 0 Å². The highest BCUT2D eigenvalue weighted by Crippen LogP contribution is 2.19. The van der Waals surface area contributed by atoms with Gasteiger partial charge in [-0.05, 0) is 33.6 Å². The first-order chi connectivity index (χ1) is 6.39. The smallest absolute Gasteiger partial charge is 0.330 e. The molecule has 0 spiro atoms. The molecular weight excluding hydrogens is 198 g/mol. The molecule has 4 heteroatoms. The summed E-state index contributed by atoms with van der Waals surface area (Å²) in [5, 5.41) is 2.06. The summed E-state index contributed by atoms with van der Waals surface area (Å²) in [4.78, 5) is 16.8. The number of hydrogen-bond acceptors (Lipinski definition) is 4. The van der Waals surface area contributed by atoms with Crippen LogP contribution in [0.25, 0.3) is 0 Å². The highest BCUT2D eigenvalue weighted by atomic mass is 32.1. The molecule has 1 aliphatic rings. The molecule has 0 amide bonds. The zero-order valence-corrected chi connectivity index (χ0v) is 10.0. The third-order valence-corrected chi connectivity index (χ3v) is 2.61. The Balaban J connectivity index is 2.40. The van der Waals surface area contributed by atoms with Crippen LogP contribution in [0.4, 0.5) is 0 Å². The minimum atomic E-state index is -0.427. The van der Waals surface area contributed by atoms with Crippen molar-refractivity contribution in [2.24, 2.45) is 5.41 Å².